The van der Waals surface area contributed by atoms with Gasteiger partial charge in [-0.05, 0) is 31.0 Å². The molecule has 0 aromatic heterocycles. The molecule has 6 heteroatoms. The lowest BCUT2D eigenvalue weighted by Crippen LogP contribution is -2.26. The molecule has 1 aliphatic rings. The third-order valence-corrected chi connectivity index (χ3v) is 4.64. The Labute approximate surface area is 132 Å². The minimum Gasteiger partial charge on any atom is -0.311 e. The van der Waals surface area contributed by atoms with Gasteiger partial charge in [0, 0.05) is 36.2 Å². The number of halogens is 1. The summed E-state index contributed by atoms with van der Waals surface area (Å²) in [6.45, 7) is 3.51. The van der Waals surface area contributed by atoms with Gasteiger partial charge in [-0.3, -0.25) is 14.4 Å². The van der Waals surface area contributed by atoms with Gasteiger partial charge < -0.3 is 4.90 Å². The Bertz CT molecular complexity index is 603. The van der Waals surface area contributed by atoms with Crippen molar-refractivity contribution in [2.24, 2.45) is 5.92 Å². The average molecular weight is 326 g/mol. The van der Waals surface area contributed by atoms with E-state index >= 15 is 0 Å². The van der Waals surface area contributed by atoms with Crippen LogP contribution in [0.15, 0.2) is 18.2 Å². The molecule has 112 valence electrons. The second-order valence-corrected chi connectivity index (χ2v) is 6.73. The van der Waals surface area contributed by atoms with Crippen LogP contribution in [-0.2, 0) is 9.59 Å². The molecule has 0 aliphatic carbocycles. The standard InChI is InChI=1S/C15H16ClNO3S/c1-9(18)13-6-12(16)3-4-14(13)17-7-11(5-15(17)20)8-21-10(2)19/h3-4,6,11H,5,7-8H2,1-2H3. The van der Waals surface area contributed by atoms with Gasteiger partial charge in [-0.15, -0.1) is 0 Å². The number of amides is 1. The number of carbonyl (C=O) groups excluding carboxylic acids is 3. The van der Waals surface area contributed by atoms with E-state index in [1.54, 1.807) is 23.1 Å². The molecule has 1 unspecified atom stereocenters. The van der Waals surface area contributed by atoms with Crippen molar-refractivity contribution in [2.75, 3.05) is 17.2 Å². The van der Waals surface area contributed by atoms with Gasteiger partial charge in [-0.1, -0.05) is 23.4 Å². The van der Waals surface area contributed by atoms with Gasteiger partial charge >= 0.3 is 0 Å². The molecule has 0 spiro atoms. The summed E-state index contributed by atoms with van der Waals surface area (Å²) < 4.78 is 0. The maximum atomic E-state index is 12.2. The highest BCUT2D eigenvalue weighted by molar-refractivity contribution is 8.13. The molecular weight excluding hydrogens is 310 g/mol. The Hall–Kier alpha value is -1.33. The fraction of sp³-hybridized carbons (Fsp3) is 0.400. The number of carbonyl (C=O) groups is 3. The van der Waals surface area contributed by atoms with E-state index in [-0.39, 0.29) is 22.7 Å². The predicted octanol–water partition coefficient (Wildman–Crippen LogP) is 3.18. The van der Waals surface area contributed by atoms with Crippen LogP contribution in [0.5, 0.6) is 0 Å². The zero-order valence-corrected chi connectivity index (χ0v) is 13.5. The van der Waals surface area contributed by atoms with E-state index in [0.29, 0.717) is 35.0 Å². The zero-order valence-electron chi connectivity index (χ0n) is 11.9. The normalized spacial score (nSPS) is 18.1. The van der Waals surface area contributed by atoms with Crippen LogP contribution in [0, 0.1) is 5.92 Å². The van der Waals surface area contributed by atoms with Gasteiger partial charge in [-0.25, -0.2) is 0 Å². The Morgan fingerprint density at radius 2 is 2.10 bits per heavy atom. The molecule has 1 amide bonds. The van der Waals surface area contributed by atoms with E-state index in [2.05, 4.69) is 0 Å². The molecule has 0 saturated carbocycles. The number of ketones is 1. The Balaban J connectivity index is 2.21. The predicted molar refractivity (Wildman–Crippen MR) is 85.1 cm³/mol. The monoisotopic (exact) mass is 325 g/mol. The maximum absolute atomic E-state index is 12.2. The van der Waals surface area contributed by atoms with Gasteiger partial charge in [-0.2, -0.15) is 0 Å². The summed E-state index contributed by atoms with van der Waals surface area (Å²) in [6.07, 6.45) is 0.403. The lowest BCUT2D eigenvalue weighted by atomic mass is 10.1. The highest BCUT2D eigenvalue weighted by Crippen LogP contribution is 2.31. The summed E-state index contributed by atoms with van der Waals surface area (Å²) >= 11 is 7.16. The molecule has 1 aromatic rings. The smallest absolute Gasteiger partial charge is 0.227 e. The van der Waals surface area contributed by atoms with Crippen LogP contribution in [0.3, 0.4) is 0 Å². The molecular formula is C15H16ClNO3S. The first-order valence-corrected chi connectivity index (χ1v) is 7.99. The number of thioether (sulfide) groups is 1. The quantitative estimate of drug-likeness (QED) is 0.798. The van der Waals surface area contributed by atoms with Crippen LogP contribution in [0.2, 0.25) is 5.02 Å². The van der Waals surface area contributed by atoms with E-state index in [1.807, 2.05) is 0 Å². The minimum atomic E-state index is -0.123. The molecule has 1 heterocycles. The van der Waals surface area contributed by atoms with Crippen molar-refractivity contribution in [3.63, 3.8) is 0 Å². The molecule has 1 fully saturated rings. The second-order valence-electron chi connectivity index (χ2n) is 5.09. The maximum Gasteiger partial charge on any atom is 0.227 e. The van der Waals surface area contributed by atoms with E-state index < -0.39 is 0 Å². The van der Waals surface area contributed by atoms with Crippen LogP contribution in [0.4, 0.5) is 5.69 Å². The fourth-order valence-corrected chi connectivity index (χ4v) is 3.25. The number of anilines is 1. The number of hydrogen-bond acceptors (Lipinski definition) is 4. The van der Waals surface area contributed by atoms with Crippen LogP contribution >= 0.6 is 23.4 Å². The number of rotatable bonds is 4. The minimum absolute atomic E-state index is 0.0195. The van der Waals surface area contributed by atoms with E-state index in [0.717, 1.165) is 0 Å². The third kappa shape index (κ3) is 3.86. The lowest BCUT2D eigenvalue weighted by molar-refractivity contribution is -0.117. The van der Waals surface area contributed by atoms with Crippen molar-refractivity contribution in [1.82, 2.24) is 0 Å². The summed E-state index contributed by atoms with van der Waals surface area (Å²) in [5.41, 5.74) is 1.06. The first-order valence-electron chi connectivity index (χ1n) is 6.62. The second kappa shape index (κ2) is 6.62. The molecule has 2 rings (SSSR count). The Morgan fingerprint density at radius 1 is 1.38 bits per heavy atom. The van der Waals surface area contributed by atoms with Gasteiger partial charge in [0.1, 0.15) is 0 Å². The molecule has 0 bridgehead atoms. The molecule has 0 N–H and O–H groups in total. The number of nitrogens with zero attached hydrogens (tertiary/aromatic N) is 1. The number of hydrogen-bond donors (Lipinski definition) is 0. The summed E-state index contributed by atoms with van der Waals surface area (Å²) in [4.78, 5) is 36.6. The van der Waals surface area contributed by atoms with Crippen LogP contribution < -0.4 is 4.90 Å². The SMILES string of the molecule is CC(=O)SCC1CC(=O)N(c2ccc(Cl)cc2C(C)=O)C1. The van der Waals surface area contributed by atoms with Gasteiger partial charge in [0.15, 0.2) is 10.9 Å². The summed E-state index contributed by atoms with van der Waals surface area (Å²) in [5, 5.41) is 0.524. The lowest BCUT2D eigenvalue weighted by Gasteiger charge is -2.19. The van der Waals surface area contributed by atoms with Crippen molar-refractivity contribution in [3.05, 3.63) is 28.8 Å². The topological polar surface area (TPSA) is 54.5 Å². The fourth-order valence-electron chi connectivity index (χ4n) is 2.39. The molecule has 1 atom stereocenters. The third-order valence-electron chi connectivity index (χ3n) is 3.36. The first kappa shape index (κ1) is 16.0. The molecule has 1 aromatic carbocycles. The van der Waals surface area contributed by atoms with E-state index in [4.69, 9.17) is 11.6 Å². The van der Waals surface area contributed by atoms with Crippen molar-refractivity contribution >= 4 is 45.9 Å². The van der Waals surface area contributed by atoms with Crippen molar-refractivity contribution < 1.29 is 14.4 Å². The molecule has 1 saturated heterocycles. The molecule has 21 heavy (non-hydrogen) atoms. The van der Waals surface area contributed by atoms with Crippen molar-refractivity contribution in [1.29, 1.82) is 0 Å². The molecule has 0 radical (unpaired) electrons. The van der Waals surface area contributed by atoms with Gasteiger partial charge in [0.25, 0.3) is 0 Å². The Morgan fingerprint density at radius 3 is 2.71 bits per heavy atom. The molecule has 4 nitrogen and oxygen atoms in total. The highest BCUT2D eigenvalue weighted by Gasteiger charge is 2.32. The largest absolute Gasteiger partial charge is 0.311 e. The van der Waals surface area contributed by atoms with Crippen molar-refractivity contribution in [2.45, 2.75) is 20.3 Å². The Kier molecular flexibility index (Phi) is 5.06. The average Bonchev–Trinajstić information content (AvgIpc) is 2.77. The van der Waals surface area contributed by atoms with E-state index in [1.165, 1.54) is 25.6 Å². The van der Waals surface area contributed by atoms with Crippen LogP contribution in [0.25, 0.3) is 0 Å². The first-order chi connectivity index (χ1) is 9.88. The van der Waals surface area contributed by atoms with Crippen LogP contribution in [-0.4, -0.2) is 29.1 Å². The highest BCUT2D eigenvalue weighted by atomic mass is 35.5. The molecule has 1 aliphatic heterocycles. The van der Waals surface area contributed by atoms with Gasteiger partial charge in [0.05, 0.1) is 5.69 Å². The zero-order chi connectivity index (χ0) is 15.6. The van der Waals surface area contributed by atoms with Crippen molar-refractivity contribution in [3.8, 4) is 0 Å². The van der Waals surface area contributed by atoms with E-state index in [9.17, 15) is 14.4 Å². The van der Waals surface area contributed by atoms with Gasteiger partial charge in [0.2, 0.25) is 5.91 Å². The summed E-state index contributed by atoms with van der Waals surface area (Å²) in [6, 6.07) is 4.97. The van der Waals surface area contributed by atoms with Crippen LogP contribution in [0.1, 0.15) is 30.6 Å². The summed E-state index contributed by atoms with van der Waals surface area (Å²) in [7, 11) is 0. The summed E-state index contributed by atoms with van der Waals surface area (Å²) in [5.74, 6) is 0.610. The number of Topliss-reactive ketones (excluding diaryl/α,β-unsaturated/α-hetero) is 1. The number of benzene rings is 1.